The summed E-state index contributed by atoms with van der Waals surface area (Å²) in [5.41, 5.74) is 19.7. The Morgan fingerprint density at radius 3 is 0.820 bits per heavy atom. The van der Waals surface area contributed by atoms with Crippen LogP contribution in [0.5, 0.6) is 0 Å². The predicted molar refractivity (Wildman–Crippen MR) is 259 cm³/mol. The molecule has 288 valence electrons. The van der Waals surface area contributed by atoms with E-state index in [0.717, 1.165) is 44.9 Å². The van der Waals surface area contributed by atoms with Gasteiger partial charge in [-0.05, 0) is 132 Å². The summed E-state index contributed by atoms with van der Waals surface area (Å²) in [4.78, 5) is 2.43. The number of rotatable bonds is 10. The normalized spacial score (nSPS) is 11.0. The van der Waals surface area contributed by atoms with E-state index in [0.29, 0.717) is 0 Å². The molecule has 0 aromatic heterocycles. The molecule has 1 nitrogen and oxygen atoms in total. The predicted octanol–water partition coefficient (Wildman–Crippen LogP) is 16.8. The van der Waals surface area contributed by atoms with Gasteiger partial charge in [0.25, 0.3) is 0 Å². The monoisotopic (exact) mass is 777 g/mol. The zero-order valence-electron chi connectivity index (χ0n) is 33.8. The van der Waals surface area contributed by atoms with Crippen LogP contribution in [0.1, 0.15) is 0 Å². The molecule has 0 saturated heterocycles. The molecule has 0 bridgehead atoms. The molecule has 0 N–H and O–H groups in total. The lowest BCUT2D eigenvalue weighted by atomic mass is 9.91. The van der Waals surface area contributed by atoms with Crippen molar-refractivity contribution >= 4 is 17.1 Å². The minimum Gasteiger partial charge on any atom is -0.310 e. The summed E-state index contributed by atoms with van der Waals surface area (Å²) < 4.78 is 0. The third kappa shape index (κ3) is 8.06. The Hall–Kier alpha value is -8.00. The molecular weight excluding hydrogens is 735 g/mol. The van der Waals surface area contributed by atoms with Crippen molar-refractivity contribution in [3.63, 3.8) is 0 Å². The van der Waals surface area contributed by atoms with Crippen molar-refractivity contribution in [1.82, 2.24) is 0 Å². The van der Waals surface area contributed by atoms with E-state index in [-0.39, 0.29) is 0 Å². The fourth-order valence-electron chi connectivity index (χ4n) is 8.37. The molecule has 10 aromatic rings. The van der Waals surface area contributed by atoms with Crippen LogP contribution in [0, 0.1) is 0 Å². The molecule has 0 amide bonds. The SMILES string of the molecule is c1ccc(-c2cc(-c3ccccc3)cc(N(c3ccc(-c4ccc(-c5ccccc5)cc4-c4ccccc4)cc3)c3cc(-c4ccccc4)cc(-c4ccccc4)c3)c2)cc1. The van der Waals surface area contributed by atoms with Crippen molar-refractivity contribution in [1.29, 1.82) is 0 Å². The molecule has 0 aliphatic heterocycles. The first-order valence-electron chi connectivity index (χ1n) is 20.9. The van der Waals surface area contributed by atoms with Gasteiger partial charge in [-0.2, -0.15) is 0 Å². The van der Waals surface area contributed by atoms with Crippen molar-refractivity contribution in [2.75, 3.05) is 4.90 Å². The van der Waals surface area contributed by atoms with Crippen LogP contribution >= 0.6 is 0 Å². The first-order valence-corrected chi connectivity index (χ1v) is 20.9. The molecule has 10 rings (SSSR count). The number of benzene rings is 10. The van der Waals surface area contributed by atoms with Gasteiger partial charge in [0.2, 0.25) is 0 Å². The van der Waals surface area contributed by atoms with Gasteiger partial charge >= 0.3 is 0 Å². The van der Waals surface area contributed by atoms with E-state index in [2.05, 4.69) is 266 Å². The van der Waals surface area contributed by atoms with Crippen molar-refractivity contribution in [3.05, 3.63) is 261 Å². The largest absolute Gasteiger partial charge is 0.310 e. The van der Waals surface area contributed by atoms with Gasteiger partial charge < -0.3 is 4.90 Å². The Morgan fingerprint density at radius 1 is 0.164 bits per heavy atom. The minimum absolute atomic E-state index is 1.07. The van der Waals surface area contributed by atoms with Crippen LogP contribution < -0.4 is 4.90 Å². The summed E-state index contributed by atoms with van der Waals surface area (Å²) in [6, 6.07) is 94.2. The van der Waals surface area contributed by atoms with Gasteiger partial charge in [0.15, 0.2) is 0 Å². The molecule has 0 fully saturated rings. The van der Waals surface area contributed by atoms with E-state index in [1.54, 1.807) is 0 Å². The quantitative estimate of drug-likeness (QED) is 0.134. The summed E-state index contributed by atoms with van der Waals surface area (Å²) in [7, 11) is 0. The Kier molecular flexibility index (Phi) is 10.4. The van der Waals surface area contributed by atoms with Crippen molar-refractivity contribution < 1.29 is 0 Å². The number of nitrogens with zero attached hydrogens (tertiary/aromatic N) is 1. The molecule has 1 heteroatoms. The zero-order valence-corrected chi connectivity index (χ0v) is 33.8. The maximum absolute atomic E-state index is 2.43. The third-order valence-corrected chi connectivity index (χ3v) is 11.4. The van der Waals surface area contributed by atoms with Gasteiger partial charge in [-0.25, -0.2) is 0 Å². The standard InChI is InChI=1S/C60H43N/c1-7-19-44(20-8-1)51-33-36-59(60(43-51)49-29-17-6-18-30-49)50-31-34-56(35-32-50)61(57-39-52(45-21-9-2-10-22-45)37-53(40-57)46-23-11-3-12-24-46)58-41-54(47-25-13-4-14-26-47)38-55(42-58)48-27-15-5-16-28-48/h1-43H. The van der Waals surface area contributed by atoms with E-state index in [1.165, 1.54) is 50.1 Å². The Balaban J connectivity index is 1.18. The van der Waals surface area contributed by atoms with Gasteiger partial charge in [0.05, 0.1) is 0 Å². The molecule has 0 heterocycles. The summed E-state index contributed by atoms with van der Waals surface area (Å²) in [6.45, 7) is 0. The number of anilines is 3. The van der Waals surface area contributed by atoms with E-state index in [4.69, 9.17) is 0 Å². The fraction of sp³-hybridized carbons (Fsp3) is 0. The lowest BCUT2D eigenvalue weighted by Crippen LogP contribution is -2.11. The fourth-order valence-corrected chi connectivity index (χ4v) is 8.37. The molecule has 0 aliphatic rings. The van der Waals surface area contributed by atoms with E-state index in [9.17, 15) is 0 Å². The molecule has 10 aromatic carbocycles. The second-order valence-electron chi connectivity index (χ2n) is 15.4. The Labute approximate surface area is 359 Å². The summed E-state index contributed by atoms with van der Waals surface area (Å²) in [5, 5.41) is 0. The molecule has 0 radical (unpaired) electrons. The van der Waals surface area contributed by atoms with Crippen LogP contribution in [-0.4, -0.2) is 0 Å². The molecule has 0 spiro atoms. The van der Waals surface area contributed by atoms with E-state index in [1.807, 2.05) is 0 Å². The Morgan fingerprint density at radius 2 is 0.459 bits per heavy atom. The van der Waals surface area contributed by atoms with Crippen LogP contribution in [0.3, 0.4) is 0 Å². The lowest BCUT2D eigenvalue weighted by molar-refractivity contribution is 1.28. The Bertz CT molecular complexity index is 2770. The van der Waals surface area contributed by atoms with E-state index < -0.39 is 0 Å². The first kappa shape index (κ1) is 37.3. The lowest BCUT2D eigenvalue weighted by Gasteiger charge is -2.28. The van der Waals surface area contributed by atoms with Gasteiger partial charge in [0.1, 0.15) is 0 Å². The number of hydrogen-bond acceptors (Lipinski definition) is 1. The van der Waals surface area contributed by atoms with Crippen LogP contribution in [0.4, 0.5) is 17.1 Å². The molecule has 0 saturated carbocycles. The van der Waals surface area contributed by atoms with Crippen LogP contribution in [-0.2, 0) is 0 Å². The second kappa shape index (κ2) is 17.1. The summed E-state index contributed by atoms with van der Waals surface area (Å²) in [5.74, 6) is 0. The maximum Gasteiger partial charge on any atom is 0.0473 e. The van der Waals surface area contributed by atoms with Crippen LogP contribution in [0.25, 0.3) is 77.9 Å². The van der Waals surface area contributed by atoms with Crippen LogP contribution in [0.2, 0.25) is 0 Å². The van der Waals surface area contributed by atoms with Gasteiger partial charge in [-0.3, -0.25) is 0 Å². The topological polar surface area (TPSA) is 3.24 Å². The highest BCUT2D eigenvalue weighted by Crippen LogP contribution is 2.44. The highest BCUT2D eigenvalue weighted by Gasteiger charge is 2.19. The first-order chi connectivity index (χ1) is 30.2. The van der Waals surface area contributed by atoms with Crippen molar-refractivity contribution in [2.45, 2.75) is 0 Å². The van der Waals surface area contributed by atoms with Gasteiger partial charge in [0, 0.05) is 17.1 Å². The van der Waals surface area contributed by atoms with E-state index >= 15 is 0 Å². The van der Waals surface area contributed by atoms with Gasteiger partial charge in [-0.15, -0.1) is 0 Å². The molecular formula is C60H43N. The highest BCUT2D eigenvalue weighted by molar-refractivity contribution is 5.91. The number of hydrogen-bond donors (Lipinski definition) is 0. The molecule has 0 atom stereocenters. The average molecular weight is 778 g/mol. The second-order valence-corrected chi connectivity index (χ2v) is 15.4. The maximum atomic E-state index is 2.43. The van der Waals surface area contributed by atoms with Gasteiger partial charge in [-0.1, -0.05) is 206 Å². The molecule has 0 unspecified atom stereocenters. The molecule has 61 heavy (non-hydrogen) atoms. The average Bonchev–Trinajstić information content (AvgIpc) is 3.35. The molecule has 0 aliphatic carbocycles. The highest BCUT2D eigenvalue weighted by atomic mass is 15.1. The van der Waals surface area contributed by atoms with Crippen molar-refractivity contribution in [2.24, 2.45) is 0 Å². The van der Waals surface area contributed by atoms with Crippen molar-refractivity contribution in [3.8, 4) is 77.9 Å². The summed E-state index contributed by atoms with van der Waals surface area (Å²) >= 11 is 0. The smallest absolute Gasteiger partial charge is 0.0473 e. The third-order valence-electron chi connectivity index (χ3n) is 11.4. The zero-order chi connectivity index (χ0) is 40.8. The van der Waals surface area contributed by atoms with Crippen LogP contribution in [0.15, 0.2) is 261 Å². The summed E-state index contributed by atoms with van der Waals surface area (Å²) in [6.07, 6.45) is 0. The minimum atomic E-state index is 1.07.